The van der Waals surface area contributed by atoms with E-state index in [1.165, 1.54) is 84.5 Å². The van der Waals surface area contributed by atoms with Gasteiger partial charge in [-0.3, -0.25) is 19.2 Å². The van der Waals surface area contributed by atoms with Crippen LogP contribution in [0.2, 0.25) is 19.6 Å². The van der Waals surface area contributed by atoms with Crippen molar-refractivity contribution in [2.75, 3.05) is 21.3 Å². The normalized spacial score (nSPS) is 16.0. The molecule has 0 radical (unpaired) electrons. The number of rotatable bonds is 9. The van der Waals surface area contributed by atoms with Crippen molar-refractivity contribution in [1.29, 1.82) is 0 Å². The summed E-state index contributed by atoms with van der Waals surface area (Å²) in [6.45, 7) is 6.65. The van der Waals surface area contributed by atoms with Crippen LogP contribution in [-0.4, -0.2) is 122 Å². The van der Waals surface area contributed by atoms with Crippen LogP contribution >= 0.6 is 159 Å². The van der Waals surface area contributed by atoms with E-state index < -0.39 is 30.3 Å². The monoisotopic (exact) mass is 2190 g/mol. The quantitative estimate of drug-likeness (QED) is 0.0579. The molecule has 72 heavy (non-hydrogen) atoms. The van der Waals surface area contributed by atoms with Crippen LogP contribution in [0.5, 0.6) is 0 Å². The molecule has 8 nitrogen and oxygen atoms in total. The number of carbonyl (C=O) groups is 4. The van der Waals surface area contributed by atoms with Crippen molar-refractivity contribution in [2.24, 2.45) is 0 Å². The fraction of sp³-hybridized carbons (Fsp3) is 0.360. The first-order valence-electron chi connectivity index (χ1n) is 22.2. The zero-order chi connectivity index (χ0) is 54.5. The Balaban J connectivity index is 0.000000310. The summed E-state index contributed by atoms with van der Waals surface area (Å²) in [5, 5.41) is 9.06. The number of hydrogen-bond donors (Lipinski definition) is 1. The Hall–Kier alpha value is 4.90. The minimum absolute atomic E-state index is 0.121. The van der Waals surface area contributed by atoms with Crippen LogP contribution in [0.15, 0.2) is 106 Å². The van der Waals surface area contributed by atoms with Gasteiger partial charge in [0.2, 0.25) is 0 Å². The third-order valence-corrected chi connectivity index (χ3v) is 96.4. The van der Waals surface area contributed by atoms with Gasteiger partial charge >= 0.3 is 228 Å². The fourth-order valence-electron chi connectivity index (χ4n) is 7.42. The van der Waals surface area contributed by atoms with E-state index in [2.05, 4.69) is 181 Å². The molecule has 0 unspecified atom stereocenters. The summed E-state index contributed by atoms with van der Waals surface area (Å²) in [5.74, 6) is 4.76. The number of esters is 3. The Labute approximate surface area is 568 Å². The van der Waals surface area contributed by atoms with Crippen LogP contribution in [-0.2, 0) is 55.0 Å². The molecule has 0 aromatic heterocycles. The van der Waals surface area contributed by atoms with E-state index in [0.29, 0.717) is 13.3 Å². The second-order valence-electron chi connectivity index (χ2n) is 17.2. The molecule has 0 amide bonds. The number of halogens is 11. The molecule has 0 bridgehead atoms. The second-order valence-corrected chi connectivity index (χ2v) is 137. The van der Waals surface area contributed by atoms with Crippen molar-refractivity contribution in [1.82, 2.24) is 0 Å². The number of carboxylic acids is 1. The minimum atomic E-state index is -1.41. The molecule has 4 aromatic rings. The van der Waals surface area contributed by atoms with E-state index in [-0.39, 0.29) is 39.1 Å². The molecule has 4 fully saturated rings. The van der Waals surface area contributed by atoms with Crippen LogP contribution in [0, 0.1) is 23.8 Å². The predicted molar refractivity (Wildman–Crippen MR) is 370 cm³/mol. The number of benzene rings is 4. The Morgan fingerprint density at radius 1 is 0.597 bits per heavy atom. The number of methoxy groups -OCH3 is 3. The van der Waals surface area contributed by atoms with Crippen molar-refractivity contribution in [3.8, 4) is 23.8 Å². The van der Waals surface area contributed by atoms with Gasteiger partial charge in [-0.15, -0.1) is 12.0 Å². The number of hydrogen-bond acceptors (Lipinski definition) is 7. The third-order valence-electron chi connectivity index (χ3n) is 11.6. The van der Waals surface area contributed by atoms with Crippen molar-refractivity contribution in [2.45, 2.75) is 92.7 Å². The van der Waals surface area contributed by atoms with Crippen LogP contribution in [0.25, 0.3) is 0 Å². The molecule has 8 rings (SSSR count). The SMILES string of the molecule is C#Cc1ccccc1C1(C(=O)OC)CC1.COC(=O)C1(c2ccccc2Br)CC1.COC(=O)C1(c2ccccc2C#C[Si](C)(C)C)CC1.II(I)I.I[I-]I(I)I.O=C(O)C1(c2ccccc2Br)CC1.[K][K]. The summed E-state index contributed by atoms with van der Waals surface area (Å²) in [4.78, 5) is 46.3. The third kappa shape index (κ3) is 23.2. The second kappa shape index (κ2) is 36.6. The Morgan fingerprint density at radius 3 is 1.15 bits per heavy atom. The van der Waals surface area contributed by atoms with Gasteiger partial charge in [-0.05, 0) is 97.9 Å². The molecule has 0 aliphatic heterocycles. The van der Waals surface area contributed by atoms with Crippen LogP contribution in [0.1, 0.15) is 84.7 Å². The van der Waals surface area contributed by atoms with E-state index >= 15 is 0 Å². The van der Waals surface area contributed by atoms with E-state index in [1.807, 2.05) is 97.1 Å². The molecule has 0 spiro atoms. The van der Waals surface area contributed by atoms with Gasteiger partial charge in [-0.25, -0.2) is 0 Å². The zero-order valence-electron chi connectivity index (χ0n) is 40.9. The van der Waals surface area contributed by atoms with Crippen molar-refractivity contribution in [3.05, 3.63) is 139 Å². The maximum absolute atomic E-state index is 12.0. The van der Waals surface area contributed by atoms with Gasteiger partial charge in [-0.2, -0.15) is 0 Å². The molecule has 4 aliphatic carbocycles. The Morgan fingerprint density at radius 2 is 0.875 bits per heavy atom. The van der Waals surface area contributed by atoms with Gasteiger partial charge in [-0.1, -0.05) is 136 Å². The van der Waals surface area contributed by atoms with E-state index in [9.17, 15) is 19.2 Å². The molecule has 22 heteroatoms. The summed E-state index contributed by atoms with van der Waals surface area (Å²) < 4.78 is 16.5. The van der Waals surface area contributed by atoms with E-state index in [0.717, 1.165) is 93.7 Å². The van der Waals surface area contributed by atoms with Crippen molar-refractivity contribution < 1.29 is 51.8 Å². The maximum atomic E-state index is 12.0. The predicted octanol–water partition coefficient (Wildman–Crippen LogP) is 13.5. The average molecular weight is 2190 g/mol. The van der Waals surface area contributed by atoms with Crippen molar-refractivity contribution >= 4 is 254 Å². The van der Waals surface area contributed by atoms with Gasteiger partial charge in [0.15, 0.2) is 0 Å². The van der Waals surface area contributed by atoms with Crippen LogP contribution < -0.4 is 13.3 Å². The van der Waals surface area contributed by atoms with Crippen molar-refractivity contribution in [3.63, 3.8) is 0 Å². The summed E-state index contributed by atoms with van der Waals surface area (Å²) in [5.41, 5.74) is 7.21. The van der Waals surface area contributed by atoms with Gasteiger partial charge < -0.3 is 19.3 Å². The van der Waals surface area contributed by atoms with Crippen LogP contribution in [0.4, 0.5) is 0 Å². The summed E-state index contributed by atoms with van der Waals surface area (Å²) in [7, 11) is 2.31. The molecule has 1 N–H and O–H groups in total. The first kappa shape index (κ1) is 73.0. The fourth-order valence-corrected chi connectivity index (χ4v) is 9.26. The molecule has 384 valence electrons. The van der Waals surface area contributed by atoms with E-state index in [4.69, 9.17) is 25.7 Å². The topological polar surface area (TPSA) is 116 Å². The summed E-state index contributed by atoms with van der Waals surface area (Å²) in [6, 6.07) is 30.9. The Bertz CT molecular complexity index is 2550. The zero-order valence-corrected chi connectivity index (χ0v) is 70.8. The number of carboxylic acid groups (broad SMARTS) is 1. The molecule has 4 aromatic carbocycles. The molecular weight excluding hydrogens is 2140 g/mol. The molecule has 4 saturated carbocycles. The molecule has 0 atom stereocenters. The van der Waals surface area contributed by atoms with Gasteiger partial charge in [0.1, 0.15) is 8.07 Å². The summed E-state index contributed by atoms with van der Waals surface area (Å²) in [6.07, 6.45) is 12.1. The number of aliphatic carboxylic acids is 1. The first-order chi connectivity index (χ1) is 34.0. The van der Waals surface area contributed by atoms with Gasteiger partial charge in [0, 0.05) is 20.1 Å². The standard InChI is InChI=1S/C16H20O2Si.C13H12O2.C11H11BrO2.C10H9BrO2.I5.I4.2K/c1-18-15(17)16(10-11-16)14-8-6-5-7-13(14)9-12-19(2,3)4;1-3-10-6-4-5-7-11(10)13(8-9-13)12(14)15-2;1-14-10(13)11(6-7-11)8-4-2-3-5-9(8)12;11-8-4-2-1-3-7(8)10(5-6-10)9(12)13;1-4-5(2)3;1-4(2)3;;/h5-8H,10-11H2,1-4H3;1,4-7H,8-9H2,2H3;2-5H,6-7H2,1H3;1-4H,5-6H2,(H,12,13);;;;/q;;;;-1;;;. The van der Waals surface area contributed by atoms with Gasteiger partial charge in [0.25, 0.3) is 0 Å². The molecule has 4 aliphatic rings. The number of terminal acetylenes is 1. The van der Waals surface area contributed by atoms with Crippen LogP contribution in [0.3, 0.4) is 0 Å². The first-order valence-corrected chi connectivity index (χ1v) is 87.3. The molecule has 0 saturated heterocycles. The molecule has 0 heterocycles. The van der Waals surface area contributed by atoms with Gasteiger partial charge in [0.05, 0.1) is 43.0 Å². The number of carbonyl (C=O) groups excluding carboxylic acids is 3. The molecular formula is C50H52Br2I9K2O8Si-. The summed E-state index contributed by atoms with van der Waals surface area (Å²) >= 11 is 25.1. The van der Waals surface area contributed by atoms with E-state index in [1.54, 1.807) is 0 Å². The Kier molecular flexibility index (Phi) is 37.1. The number of ether oxygens (including phenoxy) is 3. The average Bonchev–Trinajstić information content (AvgIpc) is 4.16.